The quantitative estimate of drug-likeness (QED) is 0.265. The number of hydrogen-bond acceptors (Lipinski definition) is 3. The van der Waals surface area contributed by atoms with Crippen LogP contribution in [0.2, 0.25) is 0 Å². The summed E-state index contributed by atoms with van der Waals surface area (Å²) in [5, 5.41) is 8.81. The maximum atomic E-state index is 11.8. The van der Waals surface area contributed by atoms with E-state index in [-0.39, 0.29) is 24.0 Å². The molecule has 3 amide bonds. The van der Waals surface area contributed by atoms with Crippen LogP contribution >= 0.6 is 11.8 Å². The maximum Gasteiger partial charge on any atom is 0.315 e. The van der Waals surface area contributed by atoms with Crippen molar-refractivity contribution in [1.82, 2.24) is 16.0 Å². The molecule has 2 rings (SSSR count). The van der Waals surface area contributed by atoms with Crippen LogP contribution in [0.5, 0.6) is 0 Å². The summed E-state index contributed by atoms with van der Waals surface area (Å²) >= 11 is 1.88. The van der Waals surface area contributed by atoms with E-state index < -0.39 is 0 Å². The Morgan fingerprint density at radius 2 is 1.55 bits per heavy atom. The zero-order chi connectivity index (χ0) is 22.2. The summed E-state index contributed by atoms with van der Waals surface area (Å²) in [5.41, 5.74) is 0. The molecule has 0 bridgehead atoms. The third kappa shape index (κ3) is 9.37. The van der Waals surface area contributed by atoms with Gasteiger partial charge in [-0.15, -0.1) is 0 Å². The molecule has 3 unspecified atom stereocenters. The molecule has 0 radical (unpaired) electrons. The van der Waals surface area contributed by atoms with Crippen LogP contribution < -0.4 is 16.0 Å². The van der Waals surface area contributed by atoms with Crippen molar-refractivity contribution in [2.24, 2.45) is 0 Å². The Bertz CT molecular complexity index is 1140. The summed E-state index contributed by atoms with van der Waals surface area (Å²) in [6, 6.07) is 2.87. The highest BCUT2D eigenvalue weighted by molar-refractivity contribution is 8.00. The van der Waals surface area contributed by atoms with Gasteiger partial charge in [-0.05, 0) is 55.3 Å². The second kappa shape index (κ2) is 14.1. The lowest BCUT2D eigenvalue weighted by molar-refractivity contribution is -0.120. The van der Waals surface area contributed by atoms with Gasteiger partial charge in [0, 0.05) is 59.0 Å². The molecule has 2 fully saturated rings. The molecule has 2 aliphatic heterocycles. The Labute approximate surface area is 188 Å². The van der Waals surface area contributed by atoms with Gasteiger partial charge in [0.2, 0.25) is 5.91 Å². The van der Waals surface area contributed by atoms with Crippen LogP contribution in [-0.4, -0.2) is 35.0 Å². The van der Waals surface area contributed by atoms with Gasteiger partial charge in [0.25, 0.3) is 0 Å². The zero-order valence-electron chi connectivity index (χ0n) is 17.0. The van der Waals surface area contributed by atoms with Crippen molar-refractivity contribution in [1.29, 1.82) is 0 Å². The summed E-state index contributed by atoms with van der Waals surface area (Å²) in [6.07, 6.45) is 3.09. The van der Waals surface area contributed by atoms with E-state index in [0.29, 0.717) is 11.7 Å². The number of carbonyl (C=O) groups excluding carboxylic acids is 2. The monoisotopic (exact) mass is 425 g/mol. The lowest BCUT2D eigenvalue weighted by Gasteiger charge is -2.16. The van der Waals surface area contributed by atoms with E-state index in [0.717, 1.165) is 25.0 Å². The van der Waals surface area contributed by atoms with Crippen molar-refractivity contribution in [2.75, 3.05) is 5.75 Å². The number of fused-ring (bicyclic) bond motifs is 1. The summed E-state index contributed by atoms with van der Waals surface area (Å²) < 4.78 is 0. The summed E-state index contributed by atoms with van der Waals surface area (Å²) in [6.45, 7) is 1.70. The van der Waals surface area contributed by atoms with Gasteiger partial charge in [-0.3, -0.25) is 10.1 Å². The highest BCUT2D eigenvalue weighted by Crippen LogP contribution is 2.33. The molecule has 31 heavy (non-hydrogen) atoms. The van der Waals surface area contributed by atoms with E-state index in [1.165, 1.54) is 0 Å². The molecule has 0 saturated carbocycles. The smallest absolute Gasteiger partial charge is 0.315 e. The van der Waals surface area contributed by atoms with E-state index >= 15 is 0 Å². The van der Waals surface area contributed by atoms with Crippen molar-refractivity contribution in [3.63, 3.8) is 0 Å². The van der Waals surface area contributed by atoms with Crippen molar-refractivity contribution < 1.29 is 9.59 Å². The molecule has 2 aliphatic rings. The van der Waals surface area contributed by atoms with E-state index in [1.807, 2.05) is 11.8 Å². The number of amides is 3. The topological polar surface area (TPSA) is 70.2 Å². The van der Waals surface area contributed by atoms with Crippen molar-refractivity contribution in [2.45, 2.75) is 49.9 Å². The molecule has 3 N–H and O–H groups in total. The predicted molar refractivity (Wildman–Crippen MR) is 122 cm³/mol. The average molecular weight is 426 g/mol. The fourth-order valence-corrected chi connectivity index (χ4v) is 4.39. The molecule has 0 aromatic heterocycles. The molecule has 5 nitrogen and oxygen atoms in total. The SMILES string of the molecule is CC#CC#CC#CC#CC#CC#CC#CNC(=O)CCCCC1SCC2NC(=O)NC21. The minimum atomic E-state index is -0.134. The number of hydrogen-bond donors (Lipinski definition) is 3. The number of carbonyl (C=O) groups is 2. The highest BCUT2D eigenvalue weighted by Gasteiger charge is 2.42. The molecule has 152 valence electrons. The third-order valence-corrected chi connectivity index (χ3v) is 5.67. The van der Waals surface area contributed by atoms with Crippen LogP contribution in [0, 0.1) is 83.0 Å². The van der Waals surface area contributed by atoms with E-state index in [2.05, 4.69) is 99.0 Å². The Morgan fingerprint density at radius 3 is 2.19 bits per heavy atom. The summed E-state index contributed by atoms with van der Waals surface area (Å²) in [4.78, 5) is 23.1. The molecule has 0 aromatic carbocycles. The maximum absolute atomic E-state index is 11.8. The van der Waals surface area contributed by atoms with Crippen molar-refractivity contribution in [3.05, 3.63) is 0 Å². The molecule has 3 atom stereocenters. The van der Waals surface area contributed by atoms with Crippen LogP contribution in [0.4, 0.5) is 4.79 Å². The lowest BCUT2D eigenvalue weighted by Crippen LogP contribution is -2.36. The average Bonchev–Trinajstić information content (AvgIpc) is 3.30. The van der Waals surface area contributed by atoms with Gasteiger partial charge >= 0.3 is 6.03 Å². The van der Waals surface area contributed by atoms with E-state index in [9.17, 15) is 9.59 Å². The Hall–Kier alpha value is -3.99. The third-order valence-electron chi connectivity index (χ3n) is 4.16. The normalized spacial score (nSPS) is 18.6. The molecular formula is C25H19N3O2S. The van der Waals surface area contributed by atoms with E-state index in [4.69, 9.17) is 0 Å². The van der Waals surface area contributed by atoms with Gasteiger partial charge in [-0.2, -0.15) is 11.8 Å². The van der Waals surface area contributed by atoms with Crippen LogP contribution in [0.1, 0.15) is 32.6 Å². The molecule has 2 heterocycles. The highest BCUT2D eigenvalue weighted by atomic mass is 32.2. The number of unbranched alkanes of at least 4 members (excludes halogenated alkanes) is 1. The van der Waals surface area contributed by atoms with Gasteiger partial charge in [0.15, 0.2) is 0 Å². The number of rotatable bonds is 5. The molecule has 6 heteroatoms. The van der Waals surface area contributed by atoms with Gasteiger partial charge < -0.3 is 10.6 Å². The second-order valence-corrected chi connectivity index (χ2v) is 7.56. The number of urea groups is 1. The Morgan fingerprint density at radius 1 is 0.935 bits per heavy atom. The summed E-state index contributed by atoms with van der Waals surface area (Å²) in [7, 11) is 0. The molecule has 0 spiro atoms. The Kier molecular flexibility index (Phi) is 10.6. The largest absolute Gasteiger partial charge is 0.332 e. The summed E-state index contributed by atoms with van der Waals surface area (Å²) in [5.74, 6) is 33.7. The second-order valence-electron chi connectivity index (χ2n) is 6.29. The van der Waals surface area contributed by atoms with Crippen LogP contribution in [0.15, 0.2) is 0 Å². The van der Waals surface area contributed by atoms with Crippen molar-refractivity contribution >= 4 is 23.7 Å². The van der Waals surface area contributed by atoms with Crippen LogP contribution in [0.25, 0.3) is 0 Å². The van der Waals surface area contributed by atoms with E-state index in [1.54, 1.807) is 6.92 Å². The minimum Gasteiger partial charge on any atom is -0.332 e. The first kappa shape index (κ1) is 23.3. The molecule has 2 saturated heterocycles. The first-order valence-corrected chi connectivity index (χ1v) is 10.6. The molecule has 0 aromatic rings. The minimum absolute atomic E-state index is 0.0749. The number of thioether (sulfide) groups is 1. The zero-order valence-corrected chi connectivity index (χ0v) is 17.8. The first-order valence-electron chi connectivity index (χ1n) is 9.60. The first-order chi connectivity index (χ1) is 15.2. The molecule has 0 aliphatic carbocycles. The van der Waals surface area contributed by atoms with Crippen LogP contribution in [0.3, 0.4) is 0 Å². The lowest BCUT2D eigenvalue weighted by atomic mass is 10.0. The number of nitrogens with one attached hydrogen (secondary N) is 3. The van der Waals surface area contributed by atoms with Crippen molar-refractivity contribution in [3.8, 4) is 83.0 Å². The Balaban J connectivity index is 1.58. The van der Waals surface area contributed by atoms with Gasteiger partial charge in [-0.25, -0.2) is 4.79 Å². The van der Waals surface area contributed by atoms with Crippen LogP contribution in [-0.2, 0) is 4.79 Å². The fraction of sp³-hybridized carbons (Fsp3) is 0.360. The van der Waals surface area contributed by atoms with Gasteiger partial charge in [0.05, 0.1) is 12.1 Å². The predicted octanol–water partition coefficient (Wildman–Crippen LogP) is 0.830. The standard InChI is InChI=1S/C25H19N3O2S/c1-2-3-4-5-6-7-8-9-10-11-12-13-16-19-26-23(29)18-15-14-17-22-24-21(20-31-22)27-25(30)28-24/h21-22,24H,14-15,17-18,20H2,1H3,(H,26,29)(H2,27,28,30). The van der Waals surface area contributed by atoms with Gasteiger partial charge in [0.1, 0.15) is 0 Å². The fourth-order valence-electron chi connectivity index (χ4n) is 2.84. The molecular weight excluding hydrogens is 406 g/mol. The van der Waals surface area contributed by atoms with Gasteiger partial charge in [-0.1, -0.05) is 12.3 Å².